The minimum Gasteiger partial charge on any atom is -0.472 e. The van der Waals surface area contributed by atoms with Crippen molar-refractivity contribution in [3.8, 4) is 5.88 Å². The summed E-state index contributed by atoms with van der Waals surface area (Å²) in [5.74, 6) is 0.877. The average Bonchev–Trinajstić information content (AvgIpc) is 3.52. The van der Waals surface area contributed by atoms with Gasteiger partial charge in [-0.05, 0) is 36.3 Å². The molecule has 0 spiro atoms. The van der Waals surface area contributed by atoms with Crippen LogP contribution in [0.3, 0.4) is 0 Å². The lowest BCUT2D eigenvalue weighted by Gasteiger charge is -2.24. The van der Waals surface area contributed by atoms with Crippen LogP contribution in [0.5, 0.6) is 5.88 Å². The molecule has 1 fully saturated rings. The predicted octanol–water partition coefficient (Wildman–Crippen LogP) is 4.99. The van der Waals surface area contributed by atoms with Crippen molar-refractivity contribution in [1.29, 1.82) is 0 Å². The van der Waals surface area contributed by atoms with E-state index in [2.05, 4.69) is 0 Å². The zero-order valence-electron chi connectivity index (χ0n) is 18.1. The zero-order valence-corrected chi connectivity index (χ0v) is 18.9. The summed E-state index contributed by atoms with van der Waals surface area (Å²) in [7, 11) is 0. The molecule has 170 valence electrons. The summed E-state index contributed by atoms with van der Waals surface area (Å²) in [5.41, 5.74) is 2.52. The van der Waals surface area contributed by atoms with Crippen molar-refractivity contribution < 1.29 is 18.6 Å². The van der Waals surface area contributed by atoms with E-state index in [1.807, 2.05) is 52.7 Å². The first-order valence-electron chi connectivity index (χ1n) is 11.3. The molecule has 33 heavy (non-hydrogen) atoms. The quantitative estimate of drug-likeness (QED) is 0.414. The molecule has 1 saturated heterocycles. The highest BCUT2D eigenvalue weighted by molar-refractivity contribution is 7.17. The highest BCUT2D eigenvalue weighted by atomic mass is 32.1. The molecule has 2 unspecified atom stereocenters. The number of fused-ring (bicyclic) bond motifs is 3. The van der Waals surface area contributed by atoms with Crippen LogP contribution in [0.2, 0.25) is 0 Å². The van der Waals surface area contributed by atoms with Crippen molar-refractivity contribution in [2.45, 2.75) is 44.6 Å². The fourth-order valence-corrected chi connectivity index (χ4v) is 5.40. The Bertz CT molecular complexity index is 1320. The van der Waals surface area contributed by atoms with E-state index < -0.39 is 0 Å². The third-order valence-corrected chi connectivity index (χ3v) is 7.19. The van der Waals surface area contributed by atoms with Crippen LogP contribution in [0, 0.1) is 0 Å². The number of ether oxygens (including phenoxy) is 3. The van der Waals surface area contributed by atoms with Gasteiger partial charge in [0.25, 0.3) is 0 Å². The Hall–Kier alpha value is -2.94. The van der Waals surface area contributed by atoms with E-state index in [1.165, 1.54) is 11.3 Å². The molecule has 1 aromatic carbocycles. The molecule has 0 saturated carbocycles. The Morgan fingerprint density at radius 3 is 2.94 bits per heavy atom. The Morgan fingerprint density at radius 1 is 1.18 bits per heavy atom. The van der Waals surface area contributed by atoms with Crippen molar-refractivity contribution in [1.82, 2.24) is 9.78 Å². The average molecular weight is 465 g/mol. The number of hydrogen-bond acceptors (Lipinski definition) is 7. The third kappa shape index (κ3) is 3.88. The summed E-state index contributed by atoms with van der Waals surface area (Å²) < 4.78 is 26.5. The molecule has 4 aromatic rings. The van der Waals surface area contributed by atoms with E-state index >= 15 is 0 Å². The van der Waals surface area contributed by atoms with Gasteiger partial charge in [-0.1, -0.05) is 30.3 Å². The van der Waals surface area contributed by atoms with Crippen LogP contribution >= 0.6 is 11.3 Å². The van der Waals surface area contributed by atoms with E-state index in [0.717, 1.165) is 47.9 Å². The van der Waals surface area contributed by atoms with E-state index in [4.69, 9.17) is 23.7 Å². The van der Waals surface area contributed by atoms with Crippen molar-refractivity contribution >= 4 is 21.4 Å². The number of rotatable bonds is 5. The molecule has 2 atom stereocenters. The maximum absolute atomic E-state index is 12.7. The monoisotopic (exact) mass is 464 g/mol. The van der Waals surface area contributed by atoms with Crippen LogP contribution in [-0.4, -0.2) is 23.0 Å². The van der Waals surface area contributed by atoms with Gasteiger partial charge >= 0.3 is 5.63 Å². The summed E-state index contributed by atoms with van der Waals surface area (Å²) in [6.07, 6.45) is 4.91. The SMILES string of the molecule is O=c1oc2c(c3ccsc13)COCC2c1cn(C2CCCCO2)nc1OCc1ccccc1. The van der Waals surface area contributed by atoms with Gasteiger partial charge in [-0.2, -0.15) is 0 Å². The molecule has 0 N–H and O–H groups in total. The minimum absolute atomic E-state index is 0.123. The van der Waals surface area contributed by atoms with Crippen molar-refractivity contribution in [3.63, 3.8) is 0 Å². The van der Waals surface area contributed by atoms with Gasteiger partial charge in [-0.3, -0.25) is 0 Å². The summed E-state index contributed by atoms with van der Waals surface area (Å²) in [5, 5.41) is 7.59. The summed E-state index contributed by atoms with van der Waals surface area (Å²) >= 11 is 1.40. The zero-order chi connectivity index (χ0) is 22.2. The van der Waals surface area contributed by atoms with E-state index in [9.17, 15) is 4.79 Å². The molecule has 5 heterocycles. The normalized spacial score (nSPS) is 20.6. The van der Waals surface area contributed by atoms with Gasteiger partial charge in [0.15, 0.2) is 0 Å². The van der Waals surface area contributed by atoms with Crippen LogP contribution in [0.1, 0.15) is 53.9 Å². The summed E-state index contributed by atoms with van der Waals surface area (Å²) in [4.78, 5) is 12.7. The molecule has 0 bridgehead atoms. The Balaban J connectivity index is 1.41. The van der Waals surface area contributed by atoms with Gasteiger partial charge in [-0.25, -0.2) is 9.48 Å². The first kappa shape index (κ1) is 20.7. The highest BCUT2D eigenvalue weighted by Crippen LogP contribution is 2.40. The molecule has 2 aliphatic rings. The second-order valence-electron chi connectivity index (χ2n) is 8.43. The van der Waals surface area contributed by atoms with Gasteiger partial charge in [0.2, 0.25) is 5.88 Å². The molecular weight excluding hydrogens is 440 g/mol. The van der Waals surface area contributed by atoms with Crippen LogP contribution in [0.4, 0.5) is 0 Å². The molecule has 0 aliphatic carbocycles. The second kappa shape index (κ2) is 8.78. The lowest BCUT2D eigenvalue weighted by Crippen LogP contribution is -2.21. The first-order chi connectivity index (χ1) is 16.3. The van der Waals surface area contributed by atoms with Crippen LogP contribution in [0.25, 0.3) is 10.1 Å². The lowest BCUT2D eigenvalue weighted by molar-refractivity contribution is -0.0401. The number of benzene rings is 1. The predicted molar refractivity (Wildman–Crippen MR) is 124 cm³/mol. The van der Waals surface area contributed by atoms with Gasteiger partial charge in [0.05, 0.1) is 19.1 Å². The third-order valence-electron chi connectivity index (χ3n) is 6.29. The van der Waals surface area contributed by atoms with Crippen molar-refractivity contribution in [3.05, 3.63) is 80.8 Å². The van der Waals surface area contributed by atoms with Crippen LogP contribution < -0.4 is 10.4 Å². The molecule has 7 nitrogen and oxygen atoms in total. The van der Waals surface area contributed by atoms with Gasteiger partial charge in [0, 0.05) is 29.3 Å². The van der Waals surface area contributed by atoms with Crippen LogP contribution in [-0.2, 0) is 22.7 Å². The molecule has 0 amide bonds. The minimum atomic E-state index is -0.305. The fourth-order valence-electron chi connectivity index (χ4n) is 4.61. The van der Waals surface area contributed by atoms with Gasteiger partial charge in [0.1, 0.15) is 23.3 Å². The number of thiophene rings is 1. The highest BCUT2D eigenvalue weighted by Gasteiger charge is 2.33. The number of hydrogen-bond donors (Lipinski definition) is 0. The molecule has 2 aliphatic heterocycles. The molecule has 8 heteroatoms. The lowest BCUT2D eigenvalue weighted by atomic mass is 9.93. The maximum atomic E-state index is 12.7. The van der Waals surface area contributed by atoms with Crippen molar-refractivity contribution in [2.24, 2.45) is 0 Å². The van der Waals surface area contributed by atoms with Crippen LogP contribution in [0.15, 0.2) is 57.2 Å². The number of nitrogens with zero attached hydrogens (tertiary/aromatic N) is 2. The standard InChI is InChI=1S/C25H24N2O5S/c28-25-23-17(9-11-33-23)19-14-29-15-20(22(19)32-25)18-12-27(21-8-4-5-10-30-21)26-24(18)31-13-16-6-2-1-3-7-16/h1-3,6-7,9,11-12,20-21H,4-5,8,10,13-15H2. The summed E-state index contributed by atoms with van der Waals surface area (Å²) in [6, 6.07) is 12.0. The molecule has 6 rings (SSSR count). The smallest absolute Gasteiger partial charge is 0.354 e. The molecule has 0 radical (unpaired) electrons. The van der Waals surface area contributed by atoms with E-state index in [0.29, 0.717) is 36.2 Å². The van der Waals surface area contributed by atoms with E-state index in [1.54, 1.807) is 0 Å². The Morgan fingerprint density at radius 2 is 2.09 bits per heavy atom. The van der Waals surface area contributed by atoms with E-state index in [-0.39, 0.29) is 17.8 Å². The largest absolute Gasteiger partial charge is 0.472 e. The fraction of sp³-hybridized carbons (Fsp3) is 0.360. The molecule has 3 aromatic heterocycles. The second-order valence-corrected chi connectivity index (χ2v) is 9.34. The molecular formula is C25H24N2O5S. The van der Waals surface area contributed by atoms with Crippen molar-refractivity contribution in [2.75, 3.05) is 13.2 Å². The number of aromatic nitrogens is 2. The topological polar surface area (TPSA) is 75.7 Å². The maximum Gasteiger partial charge on any atom is 0.354 e. The Kier molecular flexibility index (Phi) is 5.49. The first-order valence-corrected chi connectivity index (χ1v) is 12.1. The van der Waals surface area contributed by atoms with Gasteiger partial charge < -0.3 is 18.6 Å². The van der Waals surface area contributed by atoms with Gasteiger partial charge in [-0.15, -0.1) is 16.4 Å². The Labute approximate surface area is 194 Å². The summed E-state index contributed by atoms with van der Waals surface area (Å²) in [6.45, 7) is 1.93.